The maximum Gasteiger partial charge on any atom is 0.00412 e. The van der Waals surface area contributed by atoms with E-state index in [1.165, 1.54) is 64.3 Å². The first-order chi connectivity index (χ1) is 8.20. The zero-order valence-electron chi connectivity index (χ0n) is 12.7. The third kappa shape index (κ3) is 12.2. The van der Waals surface area contributed by atoms with Gasteiger partial charge in [-0.1, -0.05) is 65.7 Å². The van der Waals surface area contributed by atoms with Crippen LogP contribution in [0.25, 0.3) is 0 Å². The second kappa shape index (κ2) is 12.4. The molecule has 17 heavy (non-hydrogen) atoms. The van der Waals surface area contributed by atoms with Crippen molar-refractivity contribution >= 4 is 0 Å². The van der Waals surface area contributed by atoms with Gasteiger partial charge in [0.25, 0.3) is 0 Å². The van der Waals surface area contributed by atoms with Gasteiger partial charge in [-0.15, -0.1) is 0 Å². The van der Waals surface area contributed by atoms with Gasteiger partial charge in [0, 0.05) is 6.04 Å². The van der Waals surface area contributed by atoms with E-state index in [0.717, 1.165) is 5.92 Å². The second-order valence-electron chi connectivity index (χ2n) is 5.75. The summed E-state index contributed by atoms with van der Waals surface area (Å²) in [6.07, 6.45) is 12.6. The molecule has 0 aromatic carbocycles. The first kappa shape index (κ1) is 17.0. The molecule has 0 spiro atoms. The van der Waals surface area contributed by atoms with Gasteiger partial charge in [-0.25, -0.2) is 0 Å². The Bertz CT molecular complexity index is 144. The normalized spacial score (nSPS) is 14.8. The molecule has 0 saturated carbocycles. The average Bonchev–Trinajstić information content (AvgIpc) is 2.31. The molecule has 0 heterocycles. The zero-order chi connectivity index (χ0) is 12.9. The Balaban J connectivity index is 3.30. The third-order valence-corrected chi connectivity index (χ3v) is 3.55. The van der Waals surface area contributed by atoms with Gasteiger partial charge in [-0.05, 0) is 32.2 Å². The molecular weight excluding hydrogens is 206 g/mol. The molecule has 0 radical (unpaired) electrons. The molecule has 0 aliphatic heterocycles. The van der Waals surface area contributed by atoms with Crippen molar-refractivity contribution in [1.82, 2.24) is 5.32 Å². The summed E-state index contributed by atoms with van der Waals surface area (Å²) in [5.74, 6) is 0.889. The van der Waals surface area contributed by atoms with E-state index in [2.05, 4.69) is 33.0 Å². The average molecular weight is 241 g/mol. The monoisotopic (exact) mass is 241 g/mol. The molecule has 0 aromatic rings. The maximum atomic E-state index is 3.58. The zero-order valence-corrected chi connectivity index (χ0v) is 12.7. The highest BCUT2D eigenvalue weighted by molar-refractivity contribution is 4.65. The summed E-state index contributed by atoms with van der Waals surface area (Å²) in [7, 11) is 0. The van der Waals surface area contributed by atoms with Gasteiger partial charge < -0.3 is 5.32 Å². The molecule has 0 amide bonds. The van der Waals surface area contributed by atoms with Gasteiger partial charge >= 0.3 is 0 Å². The van der Waals surface area contributed by atoms with Crippen molar-refractivity contribution < 1.29 is 0 Å². The van der Waals surface area contributed by atoms with Crippen molar-refractivity contribution in [2.75, 3.05) is 6.54 Å². The lowest BCUT2D eigenvalue weighted by Crippen LogP contribution is -2.28. The molecule has 0 saturated heterocycles. The molecule has 0 bridgehead atoms. The van der Waals surface area contributed by atoms with Gasteiger partial charge in [0.2, 0.25) is 0 Å². The predicted molar refractivity (Wildman–Crippen MR) is 79.5 cm³/mol. The van der Waals surface area contributed by atoms with Crippen molar-refractivity contribution in [2.24, 2.45) is 5.92 Å². The quantitative estimate of drug-likeness (QED) is 0.466. The molecule has 0 aromatic heterocycles. The summed E-state index contributed by atoms with van der Waals surface area (Å²) in [5, 5.41) is 3.58. The predicted octanol–water partition coefficient (Wildman–Crippen LogP) is 5.15. The Morgan fingerprint density at radius 3 is 2.12 bits per heavy atom. The first-order valence-electron chi connectivity index (χ1n) is 7.94. The van der Waals surface area contributed by atoms with Crippen molar-refractivity contribution in [3.63, 3.8) is 0 Å². The molecule has 0 rings (SSSR count). The number of nitrogens with one attached hydrogen (secondary N) is 1. The van der Waals surface area contributed by atoms with Gasteiger partial charge in [0.1, 0.15) is 0 Å². The summed E-state index contributed by atoms with van der Waals surface area (Å²) < 4.78 is 0. The van der Waals surface area contributed by atoms with Gasteiger partial charge in [-0.3, -0.25) is 0 Å². The van der Waals surface area contributed by atoms with Crippen LogP contribution >= 0.6 is 0 Å². The van der Waals surface area contributed by atoms with E-state index in [0.29, 0.717) is 6.04 Å². The molecular formula is C16H35N. The summed E-state index contributed by atoms with van der Waals surface area (Å²) in [6.45, 7) is 10.4. The minimum absolute atomic E-state index is 0.699. The van der Waals surface area contributed by atoms with Crippen molar-refractivity contribution in [3.05, 3.63) is 0 Å². The fourth-order valence-electron chi connectivity index (χ4n) is 2.47. The molecule has 0 aliphatic rings. The number of hydrogen-bond acceptors (Lipinski definition) is 1. The number of hydrogen-bond donors (Lipinski definition) is 1. The fraction of sp³-hybridized carbons (Fsp3) is 1.00. The van der Waals surface area contributed by atoms with Crippen LogP contribution in [0.1, 0.15) is 85.5 Å². The van der Waals surface area contributed by atoms with E-state index in [9.17, 15) is 0 Å². The van der Waals surface area contributed by atoms with Crippen LogP contribution in [-0.4, -0.2) is 12.6 Å². The molecule has 0 fully saturated rings. The summed E-state index contributed by atoms with van der Waals surface area (Å²) >= 11 is 0. The molecule has 1 nitrogen and oxygen atoms in total. The van der Waals surface area contributed by atoms with Crippen LogP contribution in [0.2, 0.25) is 0 Å². The lowest BCUT2D eigenvalue weighted by Gasteiger charge is -2.18. The molecule has 1 heteroatoms. The Kier molecular flexibility index (Phi) is 12.4. The Morgan fingerprint density at radius 1 is 0.824 bits per heavy atom. The fourth-order valence-corrected chi connectivity index (χ4v) is 2.47. The van der Waals surface area contributed by atoms with Crippen LogP contribution in [0.3, 0.4) is 0 Å². The van der Waals surface area contributed by atoms with Crippen LogP contribution in [0.15, 0.2) is 0 Å². The van der Waals surface area contributed by atoms with E-state index in [-0.39, 0.29) is 0 Å². The third-order valence-electron chi connectivity index (χ3n) is 3.55. The van der Waals surface area contributed by atoms with Crippen LogP contribution in [-0.2, 0) is 0 Å². The van der Waals surface area contributed by atoms with E-state index in [1.807, 2.05) is 0 Å². The topological polar surface area (TPSA) is 12.0 Å². The van der Waals surface area contributed by atoms with Crippen LogP contribution < -0.4 is 5.32 Å². The van der Waals surface area contributed by atoms with Gasteiger partial charge in [0.05, 0.1) is 0 Å². The SMILES string of the molecule is CCCCCCCCC(C)CC(C)NCCC. The second-order valence-corrected chi connectivity index (χ2v) is 5.75. The Morgan fingerprint density at radius 2 is 1.47 bits per heavy atom. The smallest absolute Gasteiger partial charge is 0.00412 e. The van der Waals surface area contributed by atoms with Crippen molar-refractivity contribution in [1.29, 1.82) is 0 Å². The maximum absolute atomic E-state index is 3.58. The highest BCUT2D eigenvalue weighted by Crippen LogP contribution is 2.16. The summed E-state index contributed by atoms with van der Waals surface area (Å²) in [5.41, 5.74) is 0. The largest absolute Gasteiger partial charge is 0.314 e. The molecule has 104 valence electrons. The number of unbranched alkanes of at least 4 members (excludes halogenated alkanes) is 5. The van der Waals surface area contributed by atoms with E-state index in [4.69, 9.17) is 0 Å². The molecule has 1 N–H and O–H groups in total. The highest BCUT2D eigenvalue weighted by atomic mass is 14.9. The van der Waals surface area contributed by atoms with Crippen molar-refractivity contribution in [3.8, 4) is 0 Å². The molecule has 0 aliphatic carbocycles. The van der Waals surface area contributed by atoms with Crippen LogP contribution in [0.4, 0.5) is 0 Å². The summed E-state index contributed by atoms with van der Waals surface area (Å²) in [6, 6.07) is 0.699. The van der Waals surface area contributed by atoms with E-state index in [1.54, 1.807) is 0 Å². The summed E-state index contributed by atoms with van der Waals surface area (Å²) in [4.78, 5) is 0. The Labute approximate surface area is 110 Å². The first-order valence-corrected chi connectivity index (χ1v) is 7.94. The van der Waals surface area contributed by atoms with E-state index >= 15 is 0 Å². The standard InChI is InChI=1S/C16H35N/c1-5-7-8-9-10-11-12-15(3)14-16(4)17-13-6-2/h15-17H,5-14H2,1-4H3. The molecule has 2 unspecified atom stereocenters. The van der Waals surface area contributed by atoms with Crippen molar-refractivity contribution in [2.45, 2.75) is 91.5 Å². The van der Waals surface area contributed by atoms with Crippen LogP contribution in [0, 0.1) is 5.92 Å². The minimum atomic E-state index is 0.699. The minimum Gasteiger partial charge on any atom is -0.314 e. The van der Waals surface area contributed by atoms with E-state index < -0.39 is 0 Å². The Hall–Kier alpha value is -0.0400. The lowest BCUT2D eigenvalue weighted by atomic mass is 9.96. The molecule has 2 atom stereocenters. The highest BCUT2D eigenvalue weighted by Gasteiger charge is 2.07. The van der Waals surface area contributed by atoms with Crippen LogP contribution in [0.5, 0.6) is 0 Å². The van der Waals surface area contributed by atoms with Gasteiger partial charge in [-0.2, -0.15) is 0 Å². The van der Waals surface area contributed by atoms with Gasteiger partial charge in [0.15, 0.2) is 0 Å². The number of rotatable bonds is 12. The lowest BCUT2D eigenvalue weighted by molar-refractivity contribution is 0.389.